The lowest BCUT2D eigenvalue weighted by molar-refractivity contribution is -0.136. The second kappa shape index (κ2) is 10.5. The summed E-state index contributed by atoms with van der Waals surface area (Å²) in [6.45, 7) is 5.20. The number of carboxylic acids is 1. The normalized spacial score (nSPS) is 10.6. The summed E-state index contributed by atoms with van der Waals surface area (Å²) in [4.78, 5) is 25.7. The Kier molecular flexibility index (Phi) is 7.49. The summed E-state index contributed by atoms with van der Waals surface area (Å²) in [5.41, 5.74) is 4.86. The first-order valence-electron chi connectivity index (χ1n) is 10.6. The number of nitrogens with one attached hydrogen (secondary N) is 1. The van der Waals surface area contributed by atoms with Gasteiger partial charge in [0.25, 0.3) is 0 Å². The number of carbonyl (C=O) groups is 2. The van der Waals surface area contributed by atoms with Gasteiger partial charge in [-0.1, -0.05) is 60.2 Å². The number of aliphatic carboxylic acids is 1. The number of phenols is 1. The molecule has 0 heterocycles. The average Bonchev–Trinajstić information content (AvgIpc) is 2.78. The van der Waals surface area contributed by atoms with Gasteiger partial charge in [-0.15, -0.1) is 0 Å². The van der Waals surface area contributed by atoms with E-state index in [1.54, 1.807) is 17.0 Å². The molecule has 0 aromatic heterocycles. The summed E-state index contributed by atoms with van der Waals surface area (Å²) in [6.07, 6.45) is -0.128. The van der Waals surface area contributed by atoms with Crippen LogP contribution < -0.4 is 5.32 Å². The van der Waals surface area contributed by atoms with E-state index in [0.717, 1.165) is 22.3 Å². The number of aryl methyl sites for hydroxylation is 1. The Bertz CT molecular complexity index is 1100. The maximum atomic E-state index is 12.8. The minimum Gasteiger partial charge on any atom is -0.507 e. The molecule has 0 aliphatic heterocycles. The van der Waals surface area contributed by atoms with E-state index in [1.807, 2.05) is 62.4 Å². The minimum absolute atomic E-state index is 0.0702. The van der Waals surface area contributed by atoms with Crippen molar-refractivity contribution in [1.82, 2.24) is 10.2 Å². The molecule has 0 fully saturated rings. The number of urea groups is 1. The predicted octanol–water partition coefficient (Wildman–Crippen LogP) is 4.73. The van der Waals surface area contributed by atoms with Crippen LogP contribution in [0.4, 0.5) is 4.79 Å². The summed E-state index contributed by atoms with van der Waals surface area (Å²) in [5.74, 6) is -0.862. The number of benzene rings is 3. The fraction of sp³-hybridized carbons (Fsp3) is 0.231. The molecule has 32 heavy (non-hydrogen) atoms. The maximum Gasteiger partial charge on any atom is 0.317 e. The molecule has 3 rings (SSSR count). The predicted molar refractivity (Wildman–Crippen MR) is 124 cm³/mol. The minimum atomic E-state index is -0.932. The Labute approximate surface area is 188 Å². The molecule has 3 N–H and O–H groups in total. The van der Waals surface area contributed by atoms with Gasteiger partial charge in [0.2, 0.25) is 0 Å². The summed E-state index contributed by atoms with van der Waals surface area (Å²) < 4.78 is 0. The molecule has 0 bridgehead atoms. The monoisotopic (exact) mass is 432 g/mol. The smallest absolute Gasteiger partial charge is 0.317 e. The number of rotatable bonds is 8. The Hall–Kier alpha value is -3.80. The number of carbonyl (C=O) groups excluding carboxylic acids is 1. The molecule has 2 amide bonds. The van der Waals surface area contributed by atoms with Crippen LogP contribution in [0, 0.1) is 6.92 Å². The lowest BCUT2D eigenvalue weighted by Crippen LogP contribution is -2.39. The highest BCUT2D eigenvalue weighted by molar-refractivity contribution is 5.78. The second-order valence-electron chi connectivity index (χ2n) is 7.74. The Morgan fingerprint density at radius 3 is 2.38 bits per heavy atom. The third kappa shape index (κ3) is 5.88. The molecule has 3 aromatic carbocycles. The van der Waals surface area contributed by atoms with Gasteiger partial charge in [-0.2, -0.15) is 0 Å². The molecule has 0 unspecified atom stereocenters. The Morgan fingerprint density at radius 2 is 1.69 bits per heavy atom. The third-order valence-electron chi connectivity index (χ3n) is 5.28. The fourth-order valence-corrected chi connectivity index (χ4v) is 3.62. The van der Waals surface area contributed by atoms with Gasteiger partial charge in [-0.3, -0.25) is 4.79 Å². The van der Waals surface area contributed by atoms with E-state index in [1.165, 1.54) is 6.07 Å². The molecule has 0 radical (unpaired) electrons. The van der Waals surface area contributed by atoms with Crippen molar-refractivity contribution < 1.29 is 19.8 Å². The topological polar surface area (TPSA) is 89.9 Å². The van der Waals surface area contributed by atoms with Crippen LogP contribution in [0.15, 0.2) is 66.7 Å². The summed E-state index contributed by atoms with van der Waals surface area (Å²) in [5, 5.41) is 22.6. The van der Waals surface area contributed by atoms with Gasteiger partial charge in [0.1, 0.15) is 5.75 Å². The van der Waals surface area contributed by atoms with Crippen LogP contribution in [-0.4, -0.2) is 33.7 Å². The first kappa shape index (κ1) is 22.9. The van der Waals surface area contributed by atoms with Crippen molar-refractivity contribution in [1.29, 1.82) is 0 Å². The lowest BCUT2D eigenvalue weighted by Gasteiger charge is -2.24. The van der Waals surface area contributed by atoms with Crippen molar-refractivity contribution in [3.05, 3.63) is 89.0 Å². The average molecular weight is 433 g/mol. The number of hydrogen-bond donors (Lipinski definition) is 3. The van der Waals surface area contributed by atoms with E-state index < -0.39 is 5.97 Å². The van der Waals surface area contributed by atoms with Crippen LogP contribution in [0.5, 0.6) is 5.75 Å². The highest BCUT2D eigenvalue weighted by Gasteiger charge is 2.17. The molecule has 3 aromatic rings. The van der Waals surface area contributed by atoms with Crippen LogP contribution in [0.25, 0.3) is 11.1 Å². The Balaban J connectivity index is 1.85. The van der Waals surface area contributed by atoms with Crippen LogP contribution >= 0.6 is 0 Å². The van der Waals surface area contributed by atoms with Gasteiger partial charge in [0.05, 0.1) is 6.42 Å². The number of amides is 2. The van der Waals surface area contributed by atoms with Crippen molar-refractivity contribution >= 4 is 12.0 Å². The molecule has 0 atom stereocenters. The molecular weight excluding hydrogens is 404 g/mol. The zero-order valence-corrected chi connectivity index (χ0v) is 18.3. The number of hydrogen-bond acceptors (Lipinski definition) is 3. The van der Waals surface area contributed by atoms with E-state index in [9.17, 15) is 14.7 Å². The highest BCUT2D eigenvalue weighted by Crippen LogP contribution is 2.34. The van der Waals surface area contributed by atoms with Crippen LogP contribution in [0.3, 0.4) is 0 Å². The second-order valence-corrected chi connectivity index (χ2v) is 7.74. The van der Waals surface area contributed by atoms with E-state index in [2.05, 4.69) is 5.32 Å². The molecule has 0 spiro atoms. The molecule has 0 saturated heterocycles. The van der Waals surface area contributed by atoms with E-state index >= 15 is 0 Å². The summed E-state index contributed by atoms with van der Waals surface area (Å²) in [7, 11) is 0. The number of nitrogens with zero attached hydrogens (tertiary/aromatic N) is 1. The van der Waals surface area contributed by atoms with Crippen molar-refractivity contribution in [3.8, 4) is 16.9 Å². The number of aromatic hydroxyl groups is 1. The summed E-state index contributed by atoms with van der Waals surface area (Å²) >= 11 is 0. The number of phenolic OH excluding ortho intramolecular Hbond substituents is 1. The zero-order chi connectivity index (χ0) is 23.1. The van der Waals surface area contributed by atoms with Gasteiger partial charge < -0.3 is 20.4 Å². The van der Waals surface area contributed by atoms with Gasteiger partial charge in [-0.05, 0) is 48.2 Å². The van der Waals surface area contributed by atoms with Crippen LogP contribution in [0.1, 0.15) is 29.2 Å². The summed E-state index contributed by atoms with van der Waals surface area (Å²) in [6, 6.07) is 20.2. The van der Waals surface area contributed by atoms with Crippen LogP contribution in [-0.2, 0) is 24.3 Å². The quantitative estimate of drug-likeness (QED) is 0.480. The standard InChI is InChI=1S/C26H28N2O4/c1-3-28(26(32)27-16-19-7-5-4-6-8-19)17-21-13-18(2)9-11-22(21)23-14-20(15-25(30)31)10-12-24(23)29/h4-14,29H,3,15-17H2,1-2H3,(H,27,32)(H,30,31). The van der Waals surface area contributed by atoms with Crippen molar-refractivity contribution in [2.45, 2.75) is 33.4 Å². The first-order valence-corrected chi connectivity index (χ1v) is 10.6. The van der Waals surface area contributed by atoms with E-state index in [0.29, 0.717) is 30.8 Å². The highest BCUT2D eigenvalue weighted by atomic mass is 16.4. The Morgan fingerprint density at radius 1 is 0.938 bits per heavy atom. The van der Waals surface area contributed by atoms with Crippen LogP contribution in [0.2, 0.25) is 0 Å². The van der Waals surface area contributed by atoms with Crippen molar-refractivity contribution in [3.63, 3.8) is 0 Å². The molecular formula is C26H28N2O4. The van der Waals surface area contributed by atoms with E-state index in [4.69, 9.17) is 5.11 Å². The lowest BCUT2D eigenvalue weighted by atomic mass is 9.94. The zero-order valence-electron chi connectivity index (χ0n) is 18.3. The van der Waals surface area contributed by atoms with Gasteiger partial charge in [-0.25, -0.2) is 4.79 Å². The van der Waals surface area contributed by atoms with Crippen molar-refractivity contribution in [2.75, 3.05) is 6.54 Å². The van der Waals surface area contributed by atoms with E-state index in [-0.39, 0.29) is 18.2 Å². The van der Waals surface area contributed by atoms with Gasteiger partial charge in [0, 0.05) is 25.2 Å². The third-order valence-corrected chi connectivity index (χ3v) is 5.28. The largest absolute Gasteiger partial charge is 0.507 e. The SMILES string of the molecule is CCN(Cc1cc(C)ccc1-c1cc(CC(=O)O)ccc1O)C(=O)NCc1ccccc1. The fourth-order valence-electron chi connectivity index (χ4n) is 3.62. The molecule has 0 aliphatic carbocycles. The van der Waals surface area contributed by atoms with Gasteiger partial charge >= 0.3 is 12.0 Å². The molecule has 0 saturated carbocycles. The van der Waals surface area contributed by atoms with Gasteiger partial charge in [0.15, 0.2) is 0 Å². The molecule has 166 valence electrons. The first-order chi connectivity index (χ1) is 15.4. The molecule has 6 heteroatoms. The molecule has 0 aliphatic rings. The maximum absolute atomic E-state index is 12.8. The van der Waals surface area contributed by atoms with Crippen molar-refractivity contribution in [2.24, 2.45) is 0 Å². The number of carboxylic acid groups (broad SMARTS) is 1. The molecule has 6 nitrogen and oxygen atoms in total.